The van der Waals surface area contributed by atoms with E-state index in [1.54, 1.807) is 11.9 Å². The average Bonchev–Trinajstić information content (AvgIpc) is 2.95. The van der Waals surface area contributed by atoms with Gasteiger partial charge in [0.1, 0.15) is 12.7 Å². The molecular formula is C9H15NO4. The van der Waals surface area contributed by atoms with E-state index in [4.69, 9.17) is 14.2 Å². The number of hydrogen-bond acceptors (Lipinski definition) is 4. The van der Waals surface area contributed by atoms with Crippen LogP contribution in [0.1, 0.15) is 0 Å². The predicted molar refractivity (Wildman–Crippen MR) is 47.9 cm³/mol. The maximum atomic E-state index is 11.1. The second-order valence-electron chi connectivity index (χ2n) is 3.70. The minimum absolute atomic E-state index is 0.0106. The van der Waals surface area contributed by atoms with Gasteiger partial charge in [-0.1, -0.05) is 0 Å². The fourth-order valence-corrected chi connectivity index (χ4v) is 1.36. The molecule has 2 unspecified atom stereocenters. The highest BCUT2D eigenvalue weighted by Crippen LogP contribution is 2.10. The van der Waals surface area contributed by atoms with Gasteiger partial charge in [0.2, 0.25) is 5.91 Å². The summed E-state index contributed by atoms with van der Waals surface area (Å²) in [6.45, 7) is 2.77. The molecule has 80 valence electrons. The Balaban J connectivity index is 1.62. The van der Waals surface area contributed by atoms with Crippen LogP contribution in [0.2, 0.25) is 0 Å². The van der Waals surface area contributed by atoms with Gasteiger partial charge in [-0.2, -0.15) is 0 Å². The molecule has 2 saturated heterocycles. The normalized spacial score (nSPS) is 32.1. The van der Waals surface area contributed by atoms with Crippen molar-refractivity contribution in [3.05, 3.63) is 0 Å². The Hall–Kier alpha value is -0.650. The van der Waals surface area contributed by atoms with Crippen LogP contribution in [0.15, 0.2) is 0 Å². The third kappa shape index (κ3) is 2.67. The number of amides is 1. The topological polar surface area (TPSA) is 51.3 Å². The zero-order valence-corrected chi connectivity index (χ0v) is 8.27. The minimum atomic E-state index is 0.0106. The maximum absolute atomic E-state index is 11.1. The Kier molecular flexibility index (Phi) is 3.00. The third-order valence-corrected chi connectivity index (χ3v) is 2.36. The van der Waals surface area contributed by atoms with E-state index in [0.29, 0.717) is 19.8 Å². The Labute approximate surface area is 82.9 Å². The maximum Gasteiger partial charge on any atom is 0.248 e. The van der Waals surface area contributed by atoms with Crippen molar-refractivity contribution in [3.8, 4) is 0 Å². The summed E-state index contributed by atoms with van der Waals surface area (Å²) in [6, 6.07) is 0. The van der Waals surface area contributed by atoms with Crippen molar-refractivity contribution in [1.29, 1.82) is 0 Å². The molecular weight excluding hydrogens is 186 g/mol. The minimum Gasteiger partial charge on any atom is -0.376 e. The monoisotopic (exact) mass is 201 g/mol. The van der Waals surface area contributed by atoms with Gasteiger partial charge in [-0.15, -0.1) is 0 Å². The van der Waals surface area contributed by atoms with E-state index in [2.05, 4.69) is 0 Å². The number of likely N-dealkylation sites (N-methyl/N-ethyl adjacent to an activating group) is 1. The van der Waals surface area contributed by atoms with Crippen molar-refractivity contribution in [2.45, 2.75) is 12.2 Å². The zero-order chi connectivity index (χ0) is 9.97. The van der Waals surface area contributed by atoms with E-state index in [-0.39, 0.29) is 24.7 Å². The van der Waals surface area contributed by atoms with E-state index in [0.717, 1.165) is 6.61 Å². The molecule has 2 aliphatic heterocycles. The molecule has 0 bridgehead atoms. The molecule has 2 aliphatic rings. The molecule has 2 atom stereocenters. The molecule has 0 aromatic carbocycles. The van der Waals surface area contributed by atoms with Crippen molar-refractivity contribution < 1.29 is 19.0 Å². The van der Waals surface area contributed by atoms with Crippen LogP contribution in [0.4, 0.5) is 0 Å². The molecule has 2 heterocycles. The first-order chi connectivity index (χ1) is 6.75. The molecule has 0 N–H and O–H groups in total. The van der Waals surface area contributed by atoms with Crippen LogP contribution in [0, 0.1) is 0 Å². The molecule has 0 aromatic rings. The standard InChI is InChI=1S/C9H15NO4/c1-10-2-7(14-6-9(10)11)3-12-4-8-5-13-8/h7-8H,2-6H2,1H3. The Morgan fingerprint density at radius 2 is 2.14 bits per heavy atom. The smallest absolute Gasteiger partial charge is 0.248 e. The highest BCUT2D eigenvalue weighted by molar-refractivity contribution is 5.77. The third-order valence-electron chi connectivity index (χ3n) is 2.36. The average molecular weight is 201 g/mol. The van der Waals surface area contributed by atoms with Gasteiger partial charge < -0.3 is 19.1 Å². The highest BCUT2D eigenvalue weighted by Gasteiger charge is 2.26. The van der Waals surface area contributed by atoms with Gasteiger partial charge in [0, 0.05) is 13.6 Å². The first kappa shape index (κ1) is 9.89. The first-order valence-electron chi connectivity index (χ1n) is 4.80. The molecule has 0 saturated carbocycles. The summed E-state index contributed by atoms with van der Waals surface area (Å²) in [6.07, 6.45) is 0.300. The number of carbonyl (C=O) groups is 1. The lowest BCUT2D eigenvalue weighted by Crippen LogP contribution is -2.46. The highest BCUT2D eigenvalue weighted by atomic mass is 16.6. The van der Waals surface area contributed by atoms with Crippen LogP contribution in [0.3, 0.4) is 0 Å². The molecule has 0 aliphatic carbocycles. The number of carbonyl (C=O) groups excluding carboxylic acids is 1. The van der Waals surface area contributed by atoms with Crippen molar-refractivity contribution in [2.24, 2.45) is 0 Å². The van der Waals surface area contributed by atoms with E-state index >= 15 is 0 Å². The summed E-state index contributed by atoms with van der Waals surface area (Å²) >= 11 is 0. The van der Waals surface area contributed by atoms with Gasteiger partial charge in [-0.05, 0) is 0 Å². The Morgan fingerprint density at radius 1 is 1.43 bits per heavy atom. The summed E-state index contributed by atoms with van der Waals surface area (Å²) in [5.41, 5.74) is 0. The lowest BCUT2D eigenvalue weighted by Gasteiger charge is -2.29. The molecule has 0 spiro atoms. The van der Waals surface area contributed by atoms with Gasteiger partial charge in [0.25, 0.3) is 0 Å². The SMILES string of the molecule is CN1CC(COCC2CO2)OCC1=O. The lowest BCUT2D eigenvalue weighted by atomic mass is 10.3. The van der Waals surface area contributed by atoms with Crippen LogP contribution < -0.4 is 0 Å². The van der Waals surface area contributed by atoms with Crippen LogP contribution in [0.5, 0.6) is 0 Å². The summed E-state index contributed by atoms with van der Waals surface area (Å²) in [5.74, 6) is 0.0341. The Bertz CT molecular complexity index is 217. The van der Waals surface area contributed by atoms with Gasteiger partial charge in [-0.3, -0.25) is 4.79 Å². The van der Waals surface area contributed by atoms with Gasteiger partial charge in [0.05, 0.1) is 25.9 Å². The second kappa shape index (κ2) is 4.25. The van der Waals surface area contributed by atoms with Crippen molar-refractivity contribution in [3.63, 3.8) is 0 Å². The second-order valence-corrected chi connectivity index (χ2v) is 3.70. The molecule has 0 aromatic heterocycles. The summed E-state index contributed by atoms with van der Waals surface area (Å²) < 4.78 is 15.7. The van der Waals surface area contributed by atoms with Crippen LogP contribution in [-0.2, 0) is 19.0 Å². The molecule has 2 rings (SSSR count). The van der Waals surface area contributed by atoms with Gasteiger partial charge in [-0.25, -0.2) is 0 Å². The predicted octanol–water partition coefficient (Wildman–Crippen LogP) is -0.741. The fraction of sp³-hybridized carbons (Fsp3) is 0.889. The molecule has 0 radical (unpaired) electrons. The van der Waals surface area contributed by atoms with Gasteiger partial charge >= 0.3 is 0 Å². The van der Waals surface area contributed by atoms with Crippen molar-refractivity contribution >= 4 is 5.91 Å². The zero-order valence-electron chi connectivity index (χ0n) is 8.27. The fourth-order valence-electron chi connectivity index (χ4n) is 1.36. The van der Waals surface area contributed by atoms with Crippen LogP contribution in [0.25, 0.3) is 0 Å². The van der Waals surface area contributed by atoms with Gasteiger partial charge in [0.15, 0.2) is 0 Å². The largest absolute Gasteiger partial charge is 0.376 e. The quantitative estimate of drug-likeness (QED) is 0.562. The van der Waals surface area contributed by atoms with E-state index in [9.17, 15) is 4.79 Å². The van der Waals surface area contributed by atoms with E-state index in [1.807, 2.05) is 0 Å². The lowest BCUT2D eigenvalue weighted by molar-refractivity contribution is -0.150. The number of hydrogen-bond donors (Lipinski definition) is 0. The van der Waals surface area contributed by atoms with Crippen LogP contribution in [-0.4, -0.2) is 63.0 Å². The van der Waals surface area contributed by atoms with E-state index in [1.165, 1.54) is 0 Å². The number of morpholine rings is 1. The Morgan fingerprint density at radius 3 is 2.79 bits per heavy atom. The molecule has 2 fully saturated rings. The van der Waals surface area contributed by atoms with Crippen LogP contribution >= 0.6 is 0 Å². The summed E-state index contributed by atoms with van der Waals surface area (Å²) in [7, 11) is 1.78. The molecule has 5 nitrogen and oxygen atoms in total. The summed E-state index contributed by atoms with van der Waals surface area (Å²) in [5, 5.41) is 0. The number of nitrogens with zero attached hydrogens (tertiary/aromatic N) is 1. The summed E-state index contributed by atoms with van der Waals surface area (Å²) in [4.78, 5) is 12.7. The number of ether oxygens (including phenoxy) is 3. The molecule has 1 amide bonds. The molecule has 5 heteroatoms. The first-order valence-corrected chi connectivity index (χ1v) is 4.80. The molecule has 14 heavy (non-hydrogen) atoms. The number of rotatable bonds is 4. The van der Waals surface area contributed by atoms with Crippen molar-refractivity contribution in [1.82, 2.24) is 4.90 Å². The van der Waals surface area contributed by atoms with Crippen molar-refractivity contribution in [2.75, 3.05) is 40.0 Å². The number of epoxide rings is 1. The van der Waals surface area contributed by atoms with E-state index < -0.39 is 0 Å².